The molecule has 21 heavy (non-hydrogen) atoms. The Hall–Kier alpha value is -0.810. The van der Waals surface area contributed by atoms with Crippen LogP contribution in [0.15, 0.2) is 0 Å². The van der Waals surface area contributed by atoms with E-state index in [0.29, 0.717) is 12.1 Å². The van der Waals surface area contributed by atoms with Gasteiger partial charge in [0.15, 0.2) is 0 Å². The van der Waals surface area contributed by atoms with Gasteiger partial charge in [-0.3, -0.25) is 0 Å². The number of ether oxygens (including phenoxy) is 2. The molecule has 0 aromatic rings. The van der Waals surface area contributed by atoms with Crippen molar-refractivity contribution in [1.29, 1.82) is 0 Å². The fraction of sp³-hybridized carbons (Fsp3) is 0.938. The van der Waals surface area contributed by atoms with Crippen molar-refractivity contribution in [3.63, 3.8) is 0 Å². The number of methoxy groups -OCH3 is 1. The molecule has 0 aromatic carbocycles. The van der Waals surface area contributed by atoms with Gasteiger partial charge in [0.05, 0.1) is 12.7 Å². The van der Waals surface area contributed by atoms with E-state index >= 15 is 0 Å². The van der Waals surface area contributed by atoms with Gasteiger partial charge in [0.1, 0.15) is 0 Å². The van der Waals surface area contributed by atoms with E-state index in [9.17, 15) is 4.79 Å². The first-order valence-corrected chi connectivity index (χ1v) is 8.44. The van der Waals surface area contributed by atoms with Crippen LogP contribution in [0.5, 0.6) is 0 Å². The van der Waals surface area contributed by atoms with Gasteiger partial charge in [0.25, 0.3) is 0 Å². The molecule has 1 saturated carbocycles. The van der Waals surface area contributed by atoms with Crippen LogP contribution < -0.4 is 5.32 Å². The number of hydrogen-bond donors (Lipinski definition) is 1. The SMILES string of the molecule is COC(=O)N1CCC(N[C@@H]2CCOC3(CCCC3)C2)CC1. The fourth-order valence-electron chi connectivity index (χ4n) is 4.23. The quantitative estimate of drug-likeness (QED) is 0.849. The third-order valence-electron chi connectivity index (χ3n) is 5.41. The molecule has 120 valence electrons. The third kappa shape index (κ3) is 3.51. The Labute approximate surface area is 127 Å². The standard InChI is InChI=1S/C16H28N2O3/c1-20-15(19)18-9-4-13(5-10-18)17-14-6-11-21-16(12-14)7-2-3-8-16/h13-14,17H,2-12H2,1H3/t14-/m1/s1. The molecule has 5 nitrogen and oxygen atoms in total. The van der Waals surface area contributed by atoms with Crippen molar-refractivity contribution >= 4 is 6.09 Å². The number of hydrogen-bond acceptors (Lipinski definition) is 4. The molecule has 1 N–H and O–H groups in total. The van der Waals surface area contributed by atoms with Crippen LogP contribution in [0.25, 0.3) is 0 Å². The molecule has 0 aromatic heterocycles. The topological polar surface area (TPSA) is 50.8 Å². The Morgan fingerprint density at radius 1 is 1.19 bits per heavy atom. The average Bonchev–Trinajstić information content (AvgIpc) is 2.95. The van der Waals surface area contributed by atoms with Gasteiger partial charge >= 0.3 is 6.09 Å². The van der Waals surface area contributed by atoms with Crippen LogP contribution in [0.1, 0.15) is 51.4 Å². The maximum Gasteiger partial charge on any atom is 0.409 e. The summed E-state index contributed by atoms with van der Waals surface area (Å²) in [6, 6.07) is 1.12. The van der Waals surface area contributed by atoms with Crippen LogP contribution in [0.2, 0.25) is 0 Å². The molecule has 0 unspecified atom stereocenters. The molecule has 0 bridgehead atoms. The Morgan fingerprint density at radius 3 is 2.57 bits per heavy atom. The minimum Gasteiger partial charge on any atom is -0.453 e. The van der Waals surface area contributed by atoms with E-state index in [-0.39, 0.29) is 11.7 Å². The molecule has 3 aliphatic rings. The van der Waals surface area contributed by atoms with Crippen LogP contribution in [0.4, 0.5) is 4.79 Å². The molecular formula is C16H28N2O3. The van der Waals surface area contributed by atoms with E-state index in [1.165, 1.54) is 39.2 Å². The lowest BCUT2D eigenvalue weighted by Crippen LogP contribution is -2.52. The number of carbonyl (C=O) groups excluding carboxylic acids is 1. The van der Waals surface area contributed by atoms with Crippen LogP contribution >= 0.6 is 0 Å². The summed E-state index contributed by atoms with van der Waals surface area (Å²) in [4.78, 5) is 13.3. The van der Waals surface area contributed by atoms with Gasteiger partial charge in [-0.2, -0.15) is 0 Å². The predicted molar refractivity (Wildman–Crippen MR) is 80.3 cm³/mol. The molecule has 5 heteroatoms. The summed E-state index contributed by atoms with van der Waals surface area (Å²) in [6.07, 6.45) is 9.29. The second-order valence-electron chi connectivity index (χ2n) is 6.83. The Kier molecular flexibility index (Phi) is 4.69. The zero-order valence-electron chi connectivity index (χ0n) is 13.1. The highest BCUT2D eigenvalue weighted by Crippen LogP contribution is 2.40. The summed E-state index contributed by atoms with van der Waals surface area (Å²) < 4.78 is 10.9. The second-order valence-corrected chi connectivity index (χ2v) is 6.83. The molecule has 1 spiro atoms. The summed E-state index contributed by atoms with van der Waals surface area (Å²) in [6.45, 7) is 2.51. The monoisotopic (exact) mass is 296 g/mol. The van der Waals surface area contributed by atoms with Gasteiger partial charge in [0, 0.05) is 31.8 Å². The van der Waals surface area contributed by atoms with Crippen LogP contribution in [0.3, 0.4) is 0 Å². The van der Waals surface area contributed by atoms with Crippen LogP contribution in [-0.4, -0.2) is 55.5 Å². The Morgan fingerprint density at radius 2 is 1.90 bits per heavy atom. The molecule has 2 aliphatic heterocycles. The van der Waals surface area contributed by atoms with Crippen molar-refractivity contribution < 1.29 is 14.3 Å². The van der Waals surface area contributed by atoms with Crippen molar-refractivity contribution in [2.75, 3.05) is 26.8 Å². The molecule has 3 rings (SSSR count). The number of likely N-dealkylation sites (tertiary alicyclic amines) is 1. The highest BCUT2D eigenvalue weighted by molar-refractivity contribution is 5.67. The number of amides is 1. The first-order chi connectivity index (χ1) is 10.2. The lowest BCUT2D eigenvalue weighted by atomic mass is 9.88. The van der Waals surface area contributed by atoms with Gasteiger partial charge in [0.2, 0.25) is 0 Å². The van der Waals surface area contributed by atoms with Crippen molar-refractivity contribution in [1.82, 2.24) is 10.2 Å². The fourth-order valence-corrected chi connectivity index (χ4v) is 4.23. The van der Waals surface area contributed by atoms with Crippen molar-refractivity contribution in [2.45, 2.75) is 69.1 Å². The number of carbonyl (C=O) groups is 1. The predicted octanol–water partition coefficient (Wildman–Crippen LogP) is 2.30. The van der Waals surface area contributed by atoms with E-state index in [1.807, 2.05) is 0 Å². The third-order valence-corrected chi connectivity index (χ3v) is 5.41. The summed E-state index contributed by atoms with van der Waals surface area (Å²) in [5.74, 6) is 0. The molecule has 1 amide bonds. The normalized spacial score (nSPS) is 29.8. The van der Waals surface area contributed by atoms with Crippen LogP contribution in [0, 0.1) is 0 Å². The number of nitrogens with one attached hydrogen (secondary N) is 1. The first kappa shape index (κ1) is 15.1. The lowest BCUT2D eigenvalue weighted by Gasteiger charge is -2.41. The number of piperidine rings is 1. The molecule has 2 heterocycles. The zero-order valence-corrected chi connectivity index (χ0v) is 13.1. The van der Waals surface area contributed by atoms with Crippen molar-refractivity contribution in [3.05, 3.63) is 0 Å². The second kappa shape index (κ2) is 6.53. The summed E-state index contributed by atoms with van der Waals surface area (Å²) in [5.41, 5.74) is 0.183. The largest absolute Gasteiger partial charge is 0.453 e. The van der Waals surface area contributed by atoms with Gasteiger partial charge in [-0.15, -0.1) is 0 Å². The molecule has 0 radical (unpaired) electrons. The molecule has 1 aliphatic carbocycles. The maximum absolute atomic E-state index is 11.5. The maximum atomic E-state index is 11.5. The summed E-state index contributed by atoms with van der Waals surface area (Å²) in [7, 11) is 1.45. The smallest absolute Gasteiger partial charge is 0.409 e. The molecule has 1 atom stereocenters. The van der Waals surface area contributed by atoms with Gasteiger partial charge in [-0.05, 0) is 38.5 Å². The molecule has 3 fully saturated rings. The molecular weight excluding hydrogens is 268 g/mol. The Bertz CT molecular complexity index is 361. The highest BCUT2D eigenvalue weighted by atomic mass is 16.5. The minimum atomic E-state index is -0.190. The van der Waals surface area contributed by atoms with Gasteiger partial charge in [-0.25, -0.2) is 4.79 Å². The summed E-state index contributed by atoms with van der Waals surface area (Å²) in [5, 5.41) is 3.83. The van der Waals surface area contributed by atoms with Crippen molar-refractivity contribution in [3.8, 4) is 0 Å². The van der Waals surface area contributed by atoms with E-state index in [4.69, 9.17) is 9.47 Å². The lowest BCUT2D eigenvalue weighted by molar-refractivity contribution is -0.0852. The number of nitrogens with zero attached hydrogens (tertiary/aromatic N) is 1. The average molecular weight is 296 g/mol. The zero-order chi connectivity index (χ0) is 14.7. The van der Waals surface area contributed by atoms with Crippen LogP contribution in [-0.2, 0) is 9.47 Å². The van der Waals surface area contributed by atoms with E-state index in [1.54, 1.807) is 4.90 Å². The minimum absolute atomic E-state index is 0.183. The van der Waals surface area contributed by atoms with E-state index in [0.717, 1.165) is 39.0 Å². The van der Waals surface area contributed by atoms with Gasteiger partial charge < -0.3 is 19.7 Å². The summed E-state index contributed by atoms with van der Waals surface area (Å²) >= 11 is 0. The van der Waals surface area contributed by atoms with E-state index < -0.39 is 0 Å². The highest BCUT2D eigenvalue weighted by Gasteiger charge is 2.40. The van der Waals surface area contributed by atoms with Gasteiger partial charge in [-0.1, -0.05) is 12.8 Å². The Balaban J connectivity index is 1.46. The number of rotatable bonds is 2. The molecule has 2 saturated heterocycles. The van der Waals surface area contributed by atoms with E-state index in [2.05, 4.69) is 5.32 Å². The van der Waals surface area contributed by atoms with Crippen molar-refractivity contribution in [2.24, 2.45) is 0 Å². The first-order valence-electron chi connectivity index (χ1n) is 8.44.